The quantitative estimate of drug-likeness (QED) is 0.612. The summed E-state index contributed by atoms with van der Waals surface area (Å²) in [6.45, 7) is 1.52. The highest BCUT2D eigenvalue weighted by atomic mass is 35.5. The van der Waals surface area contributed by atoms with Crippen molar-refractivity contribution in [3.8, 4) is 0 Å². The van der Waals surface area contributed by atoms with Gasteiger partial charge in [0.2, 0.25) is 6.43 Å². The molecule has 0 aromatic carbocycles. The summed E-state index contributed by atoms with van der Waals surface area (Å²) in [4.78, 5) is 0. The van der Waals surface area contributed by atoms with Gasteiger partial charge in [-0.05, 0) is 6.42 Å². The molecule has 0 radical (unpaired) electrons. The molecule has 0 aromatic rings. The van der Waals surface area contributed by atoms with Gasteiger partial charge in [0.15, 0.2) is 0 Å². The lowest BCUT2D eigenvalue weighted by Crippen LogP contribution is -2.17. The molecule has 56 valence electrons. The summed E-state index contributed by atoms with van der Waals surface area (Å²) in [5, 5.41) is 0. The van der Waals surface area contributed by atoms with Crippen molar-refractivity contribution in [2.75, 3.05) is 0 Å². The lowest BCUT2D eigenvalue weighted by Gasteiger charge is -2.04. The van der Waals surface area contributed by atoms with Gasteiger partial charge < -0.3 is 5.73 Å². The van der Waals surface area contributed by atoms with Crippen molar-refractivity contribution in [2.45, 2.75) is 25.8 Å². The van der Waals surface area contributed by atoms with Crippen molar-refractivity contribution >= 4 is 12.4 Å². The summed E-state index contributed by atoms with van der Waals surface area (Å²) in [7, 11) is 0. The van der Waals surface area contributed by atoms with Gasteiger partial charge in [-0.3, -0.25) is 0 Å². The third kappa shape index (κ3) is 1.33. The molecule has 0 spiro atoms. The zero-order chi connectivity index (χ0) is 6.36. The summed E-state index contributed by atoms with van der Waals surface area (Å²) in [5.74, 6) is 0. The van der Waals surface area contributed by atoms with Gasteiger partial charge in [-0.15, -0.1) is 12.4 Å². The number of rotatable bonds is 1. The molecule has 0 amide bonds. The van der Waals surface area contributed by atoms with Crippen LogP contribution in [-0.4, -0.2) is 12.5 Å². The topological polar surface area (TPSA) is 26.0 Å². The molecule has 0 aromatic heterocycles. The molecule has 2 unspecified atom stereocenters. The van der Waals surface area contributed by atoms with Gasteiger partial charge in [-0.1, -0.05) is 6.92 Å². The van der Waals surface area contributed by atoms with E-state index in [0.717, 1.165) is 0 Å². The third-order valence-electron chi connectivity index (χ3n) is 1.85. The first-order valence-corrected chi connectivity index (χ1v) is 2.61. The average molecular weight is 158 g/mol. The van der Waals surface area contributed by atoms with Gasteiger partial charge in [0.1, 0.15) is 0 Å². The van der Waals surface area contributed by atoms with Crippen molar-refractivity contribution in [2.24, 2.45) is 11.1 Å². The van der Waals surface area contributed by atoms with Crippen LogP contribution in [0.1, 0.15) is 13.3 Å². The summed E-state index contributed by atoms with van der Waals surface area (Å²) in [6.07, 6.45) is -1.76. The SMILES string of the molecule is CC1(C(F)F)CC1N.Cl. The molecule has 1 saturated carbocycles. The van der Waals surface area contributed by atoms with Crippen molar-refractivity contribution in [1.82, 2.24) is 0 Å². The van der Waals surface area contributed by atoms with Gasteiger partial charge in [0.05, 0.1) is 0 Å². The molecule has 1 aliphatic carbocycles. The van der Waals surface area contributed by atoms with E-state index in [2.05, 4.69) is 0 Å². The van der Waals surface area contributed by atoms with E-state index >= 15 is 0 Å². The Bertz CT molecular complexity index is 109. The Balaban J connectivity index is 0.000000640. The summed E-state index contributed by atoms with van der Waals surface area (Å²) < 4.78 is 23.5. The highest BCUT2D eigenvalue weighted by molar-refractivity contribution is 5.85. The Hall–Kier alpha value is 0.110. The molecule has 4 heteroatoms. The first-order chi connectivity index (χ1) is 3.57. The summed E-state index contributed by atoms with van der Waals surface area (Å²) >= 11 is 0. The minimum absolute atomic E-state index is 0. The molecule has 0 bridgehead atoms. The number of halogens is 3. The zero-order valence-electron chi connectivity index (χ0n) is 5.10. The van der Waals surface area contributed by atoms with Crippen LogP contribution >= 0.6 is 12.4 Å². The van der Waals surface area contributed by atoms with Gasteiger partial charge >= 0.3 is 0 Å². The Morgan fingerprint density at radius 1 is 1.67 bits per heavy atom. The van der Waals surface area contributed by atoms with Crippen molar-refractivity contribution in [3.05, 3.63) is 0 Å². The maximum Gasteiger partial charge on any atom is 0.245 e. The molecule has 1 fully saturated rings. The van der Waals surface area contributed by atoms with Crippen LogP contribution in [0.4, 0.5) is 8.78 Å². The first kappa shape index (κ1) is 9.11. The fraction of sp³-hybridized carbons (Fsp3) is 1.00. The molecule has 1 aliphatic rings. The second-order valence-electron chi connectivity index (χ2n) is 2.62. The van der Waals surface area contributed by atoms with E-state index in [1.165, 1.54) is 6.92 Å². The molecule has 1 rings (SSSR count). The van der Waals surface area contributed by atoms with Crippen LogP contribution in [0, 0.1) is 5.41 Å². The van der Waals surface area contributed by atoms with Crippen LogP contribution in [0.25, 0.3) is 0 Å². The Morgan fingerprint density at radius 3 is 2.00 bits per heavy atom. The van der Waals surface area contributed by atoms with E-state index < -0.39 is 11.8 Å². The predicted molar refractivity (Wildman–Crippen MR) is 34.0 cm³/mol. The van der Waals surface area contributed by atoms with E-state index in [9.17, 15) is 8.78 Å². The number of hydrogen-bond donors (Lipinski definition) is 1. The Labute approximate surface area is 59.0 Å². The molecule has 0 aliphatic heterocycles. The summed E-state index contributed by atoms with van der Waals surface area (Å²) in [5.41, 5.74) is 4.37. The van der Waals surface area contributed by atoms with E-state index in [0.29, 0.717) is 6.42 Å². The standard InChI is InChI=1S/C5H9F2N.ClH/c1-5(4(6)7)2-3(5)8;/h3-4H,2,8H2,1H3;1H. The summed E-state index contributed by atoms with van der Waals surface area (Å²) in [6, 6.07) is -0.262. The smallest absolute Gasteiger partial charge is 0.245 e. The zero-order valence-corrected chi connectivity index (χ0v) is 5.92. The van der Waals surface area contributed by atoms with Crippen LogP contribution in [0.5, 0.6) is 0 Å². The molecule has 2 atom stereocenters. The molecular formula is C5H10ClF2N. The second-order valence-corrected chi connectivity index (χ2v) is 2.62. The highest BCUT2D eigenvalue weighted by Gasteiger charge is 2.54. The van der Waals surface area contributed by atoms with Gasteiger partial charge in [0.25, 0.3) is 0 Å². The maximum atomic E-state index is 11.8. The minimum Gasteiger partial charge on any atom is -0.327 e. The minimum atomic E-state index is -2.24. The number of hydrogen-bond acceptors (Lipinski definition) is 1. The highest BCUT2D eigenvalue weighted by Crippen LogP contribution is 2.48. The Kier molecular flexibility index (Phi) is 2.41. The van der Waals surface area contributed by atoms with E-state index in [1.54, 1.807) is 0 Å². The van der Waals surface area contributed by atoms with Crippen LogP contribution in [0.15, 0.2) is 0 Å². The molecule has 0 saturated heterocycles. The van der Waals surface area contributed by atoms with Gasteiger partial charge in [0, 0.05) is 11.5 Å². The lowest BCUT2D eigenvalue weighted by molar-refractivity contribution is 0.0689. The normalized spacial score (nSPS) is 40.3. The van der Waals surface area contributed by atoms with E-state index in [-0.39, 0.29) is 18.4 Å². The van der Waals surface area contributed by atoms with Crippen LogP contribution in [-0.2, 0) is 0 Å². The van der Waals surface area contributed by atoms with E-state index in [4.69, 9.17) is 5.73 Å². The van der Waals surface area contributed by atoms with Crippen LogP contribution in [0.3, 0.4) is 0 Å². The molecule has 2 N–H and O–H groups in total. The van der Waals surface area contributed by atoms with Crippen LogP contribution < -0.4 is 5.73 Å². The van der Waals surface area contributed by atoms with Crippen molar-refractivity contribution < 1.29 is 8.78 Å². The molecular weight excluding hydrogens is 148 g/mol. The first-order valence-electron chi connectivity index (χ1n) is 2.61. The largest absolute Gasteiger partial charge is 0.327 e. The average Bonchev–Trinajstić information content (AvgIpc) is 2.17. The van der Waals surface area contributed by atoms with Crippen LogP contribution in [0.2, 0.25) is 0 Å². The molecule has 1 nitrogen and oxygen atoms in total. The molecule has 0 heterocycles. The third-order valence-corrected chi connectivity index (χ3v) is 1.85. The fourth-order valence-electron chi connectivity index (χ4n) is 0.666. The van der Waals surface area contributed by atoms with Gasteiger partial charge in [-0.25, -0.2) is 8.78 Å². The van der Waals surface area contributed by atoms with E-state index in [1.807, 2.05) is 0 Å². The van der Waals surface area contributed by atoms with Crippen molar-refractivity contribution in [3.63, 3.8) is 0 Å². The monoisotopic (exact) mass is 157 g/mol. The lowest BCUT2D eigenvalue weighted by atomic mass is 10.1. The fourth-order valence-corrected chi connectivity index (χ4v) is 0.666. The second kappa shape index (κ2) is 2.39. The maximum absolute atomic E-state index is 11.8. The Morgan fingerprint density at radius 2 is 2.00 bits per heavy atom. The molecule has 9 heavy (non-hydrogen) atoms. The number of alkyl halides is 2. The number of nitrogens with two attached hydrogens (primary N) is 1. The van der Waals surface area contributed by atoms with Gasteiger partial charge in [-0.2, -0.15) is 0 Å². The van der Waals surface area contributed by atoms with Crippen molar-refractivity contribution in [1.29, 1.82) is 0 Å². The predicted octanol–water partition coefficient (Wildman–Crippen LogP) is 1.41.